The SMILES string of the molecule is COc1ccc(CN(C(=O)CC(c2ccccc2)c2ccccc2)[C@@H](C)C(=O)NCC(C)C)cc1. The molecule has 0 fully saturated rings. The van der Waals surface area contributed by atoms with Crippen LogP contribution in [0.5, 0.6) is 5.75 Å². The molecule has 3 aromatic rings. The van der Waals surface area contributed by atoms with Crippen molar-refractivity contribution in [3.8, 4) is 5.75 Å². The predicted molar refractivity (Wildman–Crippen MR) is 140 cm³/mol. The summed E-state index contributed by atoms with van der Waals surface area (Å²) >= 11 is 0. The summed E-state index contributed by atoms with van der Waals surface area (Å²) < 4.78 is 5.27. The van der Waals surface area contributed by atoms with E-state index in [0.29, 0.717) is 19.0 Å². The minimum atomic E-state index is -0.601. The molecule has 1 N–H and O–H groups in total. The molecule has 35 heavy (non-hydrogen) atoms. The van der Waals surface area contributed by atoms with Crippen LogP contribution in [0.1, 0.15) is 49.8 Å². The molecule has 0 unspecified atom stereocenters. The highest BCUT2D eigenvalue weighted by atomic mass is 16.5. The third-order valence-electron chi connectivity index (χ3n) is 6.15. The lowest BCUT2D eigenvalue weighted by molar-refractivity contribution is -0.140. The molecule has 0 radical (unpaired) electrons. The number of nitrogens with zero attached hydrogens (tertiary/aromatic N) is 1. The van der Waals surface area contributed by atoms with E-state index in [9.17, 15) is 9.59 Å². The predicted octanol–water partition coefficient (Wildman–Crippen LogP) is 5.41. The van der Waals surface area contributed by atoms with Gasteiger partial charge in [0, 0.05) is 25.4 Å². The van der Waals surface area contributed by atoms with Crippen LogP contribution in [-0.2, 0) is 16.1 Å². The van der Waals surface area contributed by atoms with E-state index in [-0.39, 0.29) is 24.2 Å². The van der Waals surface area contributed by atoms with Crippen molar-refractivity contribution in [2.24, 2.45) is 5.92 Å². The smallest absolute Gasteiger partial charge is 0.242 e. The van der Waals surface area contributed by atoms with E-state index in [4.69, 9.17) is 4.74 Å². The number of methoxy groups -OCH3 is 1. The van der Waals surface area contributed by atoms with E-state index in [2.05, 4.69) is 43.4 Å². The highest BCUT2D eigenvalue weighted by Gasteiger charge is 2.29. The average Bonchev–Trinajstić information content (AvgIpc) is 2.89. The van der Waals surface area contributed by atoms with Crippen molar-refractivity contribution in [3.05, 3.63) is 102 Å². The molecule has 3 rings (SSSR count). The highest BCUT2D eigenvalue weighted by Crippen LogP contribution is 2.29. The number of amides is 2. The largest absolute Gasteiger partial charge is 0.497 e. The van der Waals surface area contributed by atoms with E-state index in [1.165, 1.54) is 0 Å². The van der Waals surface area contributed by atoms with Crippen LogP contribution in [0, 0.1) is 5.92 Å². The fraction of sp³-hybridized carbons (Fsp3) is 0.333. The van der Waals surface area contributed by atoms with Crippen LogP contribution in [0.2, 0.25) is 0 Å². The Bertz CT molecular complexity index is 1030. The van der Waals surface area contributed by atoms with Crippen molar-refractivity contribution in [3.63, 3.8) is 0 Å². The Hall–Kier alpha value is -3.60. The minimum Gasteiger partial charge on any atom is -0.497 e. The van der Waals surface area contributed by atoms with Crippen molar-refractivity contribution in [1.29, 1.82) is 0 Å². The quantitative estimate of drug-likeness (QED) is 0.406. The molecule has 5 heteroatoms. The van der Waals surface area contributed by atoms with Gasteiger partial charge in [0.05, 0.1) is 7.11 Å². The molecule has 0 aliphatic carbocycles. The number of hydrogen-bond donors (Lipinski definition) is 1. The molecule has 0 spiro atoms. The van der Waals surface area contributed by atoms with Crippen LogP contribution in [0.25, 0.3) is 0 Å². The van der Waals surface area contributed by atoms with Gasteiger partial charge in [0.2, 0.25) is 11.8 Å². The lowest BCUT2D eigenvalue weighted by atomic mass is 9.88. The topological polar surface area (TPSA) is 58.6 Å². The Labute approximate surface area is 209 Å². The highest BCUT2D eigenvalue weighted by molar-refractivity contribution is 5.87. The molecule has 0 aliphatic rings. The van der Waals surface area contributed by atoms with Crippen LogP contribution < -0.4 is 10.1 Å². The van der Waals surface area contributed by atoms with Crippen molar-refractivity contribution >= 4 is 11.8 Å². The number of hydrogen-bond acceptors (Lipinski definition) is 3. The van der Waals surface area contributed by atoms with Gasteiger partial charge in [0.1, 0.15) is 11.8 Å². The standard InChI is InChI=1S/C30H36N2O3/c1-22(2)20-31-30(34)23(3)32(21-24-15-17-27(35-4)18-16-24)29(33)19-28(25-11-7-5-8-12-25)26-13-9-6-10-14-26/h5-18,22-23,28H,19-21H2,1-4H3,(H,31,34)/t23-/m0/s1. The lowest BCUT2D eigenvalue weighted by Crippen LogP contribution is -2.48. The van der Waals surface area contributed by atoms with Gasteiger partial charge in [-0.05, 0) is 41.7 Å². The van der Waals surface area contributed by atoms with Gasteiger partial charge in [-0.1, -0.05) is 86.6 Å². The first-order valence-corrected chi connectivity index (χ1v) is 12.2. The van der Waals surface area contributed by atoms with E-state index in [1.807, 2.05) is 60.7 Å². The van der Waals surface area contributed by atoms with Crippen LogP contribution in [0.3, 0.4) is 0 Å². The Kier molecular flexibility index (Phi) is 9.47. The summed E-state index contributed by atoms with van der Waals surface area (Å²) in [6.45, 7) is 6.82. The van der Waals surface area contributed by atoms with E-state index in [0.717, 1.165) is 22.4 Å². The van der Waals surface area contributed by atoms with Gasteiger partial charge in [-0.15, -0.1) is 0 Å². The summed E-state index contributed by atoms with van der Waals surface area (Å²) in [7, 11) is 1.62. The molecule has 5 nitrogen and oxygen atoms in total. The maximum absolute atomic E-state index is 13.8. The van der Waals surface area contributed by atoms with E-state index < -0.39 is 6.04 Å². The van der Waals surface area contributed by atoms with Crippen LogP contribution >= 0.6 is 0 Å². The number of benzene rings is 3. The summed E-state index contributed by atoms with van der Waals surface area (Å²) in [5.74, 6) is 0.774. The normalized spacial score (nSPS) is 11.8. The van der Waals surface area contributed by atoms with Gasteiger partial charge >= 0.3 is 0 Å². The zero-order valence-corrected chi connectivity index (χ0v) is 21.1. The molecule has 0 aliphatic heterocycles. The second-order valence-corrected chi connectivity index (χ2v) is 9.26. The number of carbonyl (C=O) groups excluding carboxylic acids is 2. The summed E-state index contributed by atoms with van der Waals surface area (Å²) in [4.78, 5) is 28.5. The van der Waals surface area contributed by atoms with Crippen LogP contribution in [-0.4, -0.2) is 36.4 Å². The van der Waals surface area contributed by atoms with Crippen molar-refractivity contribution < 1.29 is 14.3 Å². The first-order chi connectivity index (χ1) is 16.9. The van der Waals surface area contributed by atoms with Crippen LogP contribution in [0.15, 0.2) is 84.9 Å². The summed E-state index contributed by atoms with van der Waals surface area (Å²) in [6, 6.07) is 27.2. The number of rotatable bonds is 11. The average molecular weight is 473 g/mol. The van der Waals surface area contributed by atoms with Crippen molar-refractivity contribution in [1.82, 2.24) is 10.2 Å². The molecule has 184 valence electrons. The van der Waals surface area contributed by atoms with Crippen LogP contribution in [0.4, 0.5) is 0 Å². The zero-order valence-electron chi connectivity index (χ0n) is 21.1. The van der Waals surface area contributed by atoms with E-state index in [1.54, 1.807) is 18.9 Å². The minimum absolute atomic E-state index is 0.0641. The number of nitrogens with one attached hydrogen (secondary N) is 1. The maximum atomic E-state index is 13.8. The molecule has 3 aromatic carbocycles. The fourth-order valence-corrected chi connectivity index (χ4v) is 4.05. The molecule has 1 atom stereocenters. The van der Waals surface area contributed by atoms with Gasteiger partial charge in [0.15, 0.2) is 0 Å². The molecule has 0 bridgehead atoms. The third-order valence-corrected chi connectivity index (χ3v) is 6.15. The van der Waals surface area contributed by atoms with Gasteiger partial charge in [0.25, 0.3) is 0 Å². The molecule has 2 amide bonds. The first-order valence-electron chi connectivity index (χ1n) is 12.2. The van der Waals surface area contributed by atoms with Crippen molar-refractivity contribution in [2.75, 3.05) is 13.7 Å². The molecular formula is C30H36N2O3. The molecule has 0 saturated carbocycles. The second-order valence-electron chi connectivity index (χ2n) is 9.26. The van der Waals surface area contributed by atoms with Crippen molar-refractivity contribution in [2.45, 2.75) is 45.7 Å². The first kappa shape index (κ1) is 26.0. The monoisotopic (exact) mass is 472 g/mol. The number of carbonyl (C=O) groups is 2. The van der Waals surface area contributed by atoms with E-state index >= 15 is 0 Å². The Morgan fingerprint density at radius 2 is 1.37 bits per heavy atom. The van der Waals surface area contributed by atoms with Gasteiger partial charge < -0.3 is 15.0 Å². The maximum Gasteiger partial charge on any atom is 0.242 e. The summed E-state index contributed by atoms with van der Waals surface area (Å²) in [5, 5.41) is 2.99. The summed E-state index contributed by atoms with van der Waals surface area (Å²) in [5.41, 5.74) is 3.10. The lowest BCUT2D eigenvalue weighted by Gasteiger charge is -2.31. The molecule has 0 heterocycles. The Morgan fingerprint density at radius 3 is 1.86 bits per heavy atom. The Morgan fingerprint density at radius 1 is 0.829 bits per heavy atom. The fourth-order valence-electron chi connectivity index (χ4n) is 4.05. The molecular weight excluding hydrogens is 436 g/mol. The summed E-state index contributed by atoms with van der Waals surface area (Å²) in [6.07, 6.45) is 0.270. The molecule has 0 saturated heterocycles. The number of ether oxygens (including phenoxy) is 1. The molecule has 0 aromatic heterocycles. The zero-order chi connectivity index (χ0) is 25.2. The third kappa shape index (κ3) is 7.44. The Balaban J connectivity index is 1.88. The van der Waals surface area contributed by atoms with Gasteiger partial charge in [-0.3, -0.25) is 9.59 Å². The van der Waals surface area contributed by atoms with Gasteiger partial charge in [-0.2, -0.15) is 0 Å². The van der Waals surface area contributed by atoms with Gasteiger partial charge in [-0.25, -0.2) is 0 Å². The second kappa shape index (κ2) is 12.7.